The molecule has 2 aliphatic rings. The molecule has 5 nitrogen and oxygen atoms in total. The maximum Gasteiger partial charge on any atom is 0.246 e. The molecule has 0 aromatic rings. The molecular weight excluding hydrogens is 206 g/mol. The van der Waals surface area contributed by atoms with Gasteiger partial charge in [-0.25, -0.2) is 0 Å². The first-order chi connectivity index (χ1) is 7.63. The second-order valence-corrected chi connectivity index (χ2v) is 4.63. The highest BCUT2D eigenvalue weighted by Gasteiger charge is 2.40. The number of rotatable bonds is 2. The maximum atomic E-state index is 11.9. The first-order valence-corrected chi connectivity index (χ1v) is 5.85. The van der Waals surface area contributed by atoms with Gasteiger partial charge in [0.25, 0.3) is 0 Å². The lowest BCUT2D eigenvalue weighted by molar-refractivity contribution is -0.138. The fourth-order valence-electron chi connectivity index (χ4n) is 2.55. The van der Waals surface area contributed by atoms with Gasteiger partial charge in [0.2, 0.25) is 11.8 Å². The molecule has 0 aromatic heterocycles. The molecule has 0 bridgehead atoms. The van der Waals surface area contributed by atoms with E-state index in [1.54, 1.807) is 7.05 Å². The van der Waals surface area contributed by atoms with Crippen molar-refractivity contribution >= 4 is 11.8 Å². The second kappa shape index (κ2) is 4.51. The molecular formula is C11H19N3O2. The van der Waals surface area contributed by atoms with Gasteiger partial charge in [0.05, 0.1) is 12.5 Å². The van der Waals surface area contributed by atoms with E-state index < -0.39 is 0 Å². The average molecular weight is 225 g/mol. The van der Waals surface area contributed by atoms with Crippen LogP contribution in [0.5, 0.6) is 0 Å². The summed E-state index contributed by atoms with van der Waals surface area (Å²) in [6.07, 6.45) is 2.59. The van der Waals surface area contributed by atoms with Crippen molar-refractivity contribution in [3.63, 3.8) is 0 Å². The molecule has 2 rings (SSSR count). The standard InChI is InChI=1S/C11H19N3O2/c1-12-8-4-3-5-14(7-8)9-6-10(15)13(2)11(9)16/h8-9,12H,3-7H2,1-2H3. The lowest BCUT2D eigenvalue weighted by Gasteiger charge is -2.35. The number of amides is 2. The molecule has 2 saturated heterocycles. The molecule has 90 valence electrons. The zero-order valence-electron chi connectivity index (χ0n) is 9.90. The van der Waals surface area contributed by atoms with Gasteiger partial charge in [0.1, 0.15) is 0 Å². The number of likely N-dealkylation sites (tertiary alicyclic amines) is 2. The number of likely N-dealkylation sites (N-methyl/N-ethyl adjacent to an activating group) is 2. The lowest BCUT2D eigenvalue weighted by Crippen LogP contribution is -2.50. The number of piperidine rings is 1. The number of imide groups is 1. The van der Waals surface area contributed by atoms with Crippen LogP contribution in [0.1, 0.15) is 19.3 Å². The third-order valence-corrected chi connectivity index (χ3v) is 3.66. The third kappa shape index (κ3) is 1.97. The van der Waals surface area contributed by atoms with E-state index in [-0.39, 0.29) is 17.9 Å². The summed E-state index contributed by atoms with van der Waals surface area (Å²) in [6, 6.07) is 0.233. The van der Waals surface area contributed by atoms with Crippen molar-refractivity contribution in [3.8, 4) is 0 Å². The minimum atomic E-state index is -0.214. The Morgan fingerprint density at radius 2 is 2.12 bits per heavy atom. The topological polar surface area (TPSA) is 52.7 Å². The Hall–Kier alpha value is -0.940. The van der Waals surface area contributed by atoms with Crippen LogP contribution in [0.2, 0.25) is 0 Å². The quantitative estimate of drug-likeness (QED) is 0.639. The summed E-state index contributed by atoms with van der Waals surface area (Å²) in [5.41, 5.74) is 0. The zero-order chi connectivity index (χ0) is 11.7. The minimum Gasteiger partial charge on any atom is -0.316 e. The smallest absolute Gasteiger partial charge is 0.246 e. The normalized spacial score (nSPS) is 32.5. The molecule has 2 fully saturated rings. The SMILES string of the molecule is CNC1CCCN(C2CC(=O)N(C)C2=O)C1. The summed E-state index contributed by atoms with van der Waals surface area (Å²) >= 11 is 0. The highest BCUT2D eigenvalue weighted by molar-refractivity contribution is 6.05. The Labute approximate surface area is 95.8 Å². The molecule has 2 amide bonds. The molecule has 0 saturated carbocycles. The number of carbonyl (C=O) groups excluding carboxylic acids is 2. The van der Waals surface area contributed by atoms with E-state index >= 15 is 0 Å². The Morgan fingerprint density at radius 3 is 2.69 bits per heavy atom. The van der Waals surface area contributed by atoms with E-state index in [4.69, 9.17) is 0 Å². The molecule has 2 unspecified atom stereocenters. The predicted molar refractivity (Wildman–Crippen MR) is 59.8 cm³/mol. The van der Waals surface area contributed by atoms with Crippen molar-refractivity contribution in [3.05, 3.63) is 0 Å². The summed E-state index contributed by atoms with van der Waals surface area (Å²) in [5.74, 6) is -0.0941. The molecule has 5 heteroatoms. The number of hydrogen-bond acceptors (Lipinski definition) is 4. The first-order valence-electron chi connectivity index (χ1n) is 5.85. The Balaban J connectivity index is 2.02. The zero-order valence-corrected chi connectivity index (χ0v) is 9.90. The van der Waals surface area contributed by atoms with Crippen LogP contribution >= 0.6 is 0 Å². The van der Waals surface area contributed by atoms with Gasteiger partial charge in [-0.15, -0.1) is 0 Å². The molecule has 0 spiro atoms. The molecule has 2 heterocycles. The number of hydrogen-bond donors (Lipinski definition) is 1. The van der Waals surface area contributed by atoms with E-state index in [9.17, 15) is 9.59 Å². The van der Waals surface area contributed by atoms with Crippen molar-refractivity contribution in [2.24, 2.45) is 0 Å². The van der Waals surface area contributed by atoms with E-state index in [1.807, 2.05) is 7.05 Å². The van der Waals surface area contributed by atoms with Crippen molar-refractivity contribution in [2.45, 2.75) is 31.3 Å². The molecule has 16 heavy (non-hydrogen) atoms. The largest absolute Gasteiger partial charge is 0.316 e. The molecule has 0 aromatic carbocycles. The van der Waals surface area contributed by atoms with E-state index in [1.165, 1.54) is 4.90 Å². The molecule has 0 aliphatic carbocycles. The summed E-state index contributed by atoms with van der Waals surface area (Å²) in [7, 11) is 3.52. The minimum absolute atomic E-state index is 0.0400. The van der Waals surface area contributed by atoms with Crippen LogP contribution in [0.3, 0.4) is 0 Å². The Kier molecular flexibility index (Phi) is 3.25. The van der Waals surface area contributed by atoms with Crippen molar-refractivity contribution < 1.29 is 9.59 Å². The second-order valence-electron chi connectivity index (χ2n) is 4.63. The van der Waals surface area contributed by atoms with Crippen molar-refractivity contribution in [2.75, 3.05) is 27.2 Å². The fourth-order valence-corrected chi connectivity index (χ4v) is 2.55. The van der Waals surface area contributed by atoms with Crippen LogP contribution < -0.4 is 5.32 Å². The monoisotopic (exact) mass is 225 g/mol. The van der Waals surface area contributed by atoms with Crippen LogP contribution in [0.15, 0.2) is 0 Å². The van der Waals surface area contributed by atoms with Gasteiger partial charge in [0.15, 0.2) is 0 Å². The summed E-state index contributed by atoms with van der Waals surface area (Å²) in [6.45, 7) is 1.80. The van der Waals surface area contributed by atoms with Crippen LogP contribution in [0.25, 0.3) is 0 Å². The average Bonchev–Trinajstić information content (AvgIpc) is 2.57. The predicted octanol–water partition coefficient (Wildman–Crippen LogP) is -0.572. The highest BCUT2D eigenvalue weighted by atomic mass is 16.2. The van der Waals surface area contributed by atoms with Gasteiger partial charge < -0.3 is 5.32 Å². The van der Waals surface area contributed by atoms with Crippen LogP contribution in [-0.4, -0.2) is 60.9 Å². The van der Waals surface area contributed by atoms with E-state index in [2.05, 4.69) is 10.2 Å². The first kappa shape index (κ1) is 11.5. The van der Waals surface area contributed by atoms with Crippen molar-refractivity contribution in [1.82, 2.24) is 15.1 Å². The molecule has 2 aliphatic heterocycles. The van der Waals surface area contributed by atoms with Gasteiger partial charge in [-0.1, -0.05) is 0 Å². The maximum absolute atomic E-state index is 11.9. The van der Waals surface area contributed by atoms with Crippen LogP contribution in [0.4, 0.5) is 0 Å². The molecule has 1 N–H and O–H groups in total. The number of carbonyl (C=O) groups is 2. The fraction of sp³-hybridized carbons (Fsp3) is 0.818. The van der Waals surface area contributed by atoms with Crippen molar-refractivity contribution in [1.29, 1.82) is 0 Å². The summed E-state index contributed by atoms with van der Waals surface area (Å²) in [5, 5.41) is 3.24. The van der Waals surface area contributed by atoms with Crippen LogP contribution in [-0.2, 0) is 9.59 Å². The van der Waals surface area contributed by atoms with Crippen LogP contribution in [0, 0.1) is 0 Å². The summed E-state index contributed by atoms with van der Waals surface area (Å²) < 4.78 is 0. The van der Waals surface area contributed by atoms with Gasteiger partial charge in [0, 0.05) is 19.6 Å². The number of nitrogens with one attached hydrogen (secondary N) is 1. The summed E-state index contributed by atoms with van der Waals surface area (Å²) in [4.78, 5) is 26.7. The Bertz CT molecular complexity index is 306. The Morgan fingerprint density at radius 1 is 1.38 bits per heavy atom. The third-order valence-electron chi connectivity index (χ3n) is 3.66. The van der Waals surface area contributed by atoms with E-state index in [0.717, 1.165) is 25.9 Å². The molecule has 0 radical (unpaired) electrons. The highest BCUT2D eigenvalue weighted by Crippen LogP contribution is 2.21. The van der Waals surface area contributed by atoms with Gasteiger partial charge >= 0.3 is 0 Å². The van der Waals surface area contributed by atoms with Gasteiger partial charge in [-0.2, -0.15) is 0 Å². The lowest BCUT2D eigenvalue weighted by atomic mass is 10.0. The van der Waals surface area contributed by atoms with Gasteiger partial charge in [-0.05, 0) is 26.4 Å². The van der Waals surface area contributed by atoms with E-state index in [0.29, 0.717) is 12.5 Å². The molecule has 2 atom stereocenters. The number of nitrogens with zero attached hydrogens (tertiary/aromatic N) is 2. The van der Waals surface area contributed by atoms with Gasteiger partial charge in [-0.3, -0.25) is 19.4 Å².